The maximum atomic E-state index is 11.6. The summed E-state index contributed by atoms with van der Waals surface area (Å²) in [6, 6.07) is 10.4. The fourth-order valence-corrected chi connectivity index (χ4v) is 3.38. The number of nitro groups is 3. The lowest BCUT2D eigenvalue weighted by Crippen LogP contribution is -2.00. The minimum atomic E-state index is -0.884. The van der Waals surface area contributed by atoms with Crippen molar-refractivity contribution < 1.29 is 14.8 Å². The lowest BCUT2D eigenvalue weighted by molar-refractivity contribution is -0.421. The zero-order valence-corrected chi connectivity index (χ0v) is 12.3. The van der Waals surface area contributed by atoms with Crippen molar-refractivity contribution in [2.75, 3.05) is 0 Å². The van der Waals surface area contributed by atoms with E-state index in [1.165, 1.54) is 12.1 Å². The summed E-state index contributed by atoms with van der Waals surface area (Å²) in [7, 11) is 0. The number of fused-ring (bicyclic) bond motifs is 3. The van der Waals surface area contributed by atoms with Gasteiger partial charge in [0, 0.05) is 17.5 Å². The Morgan fingerprint density at radius 1 is 0.680 bits per heavy atom. The predicted molar refractivity (Wildman–Crippen MR) is 88.3 cm³/mol. The number of hydrogen-bond acceptors (Lipinski definition) is 6. The van der Waals surface area contributed by atoms with Gasteiger partial charge in [0.15, 0.2) is 0 Å². The van der Waals surface area contributed by atoms with E-state index in [1.807, 2.05) is 0 Å². The minimum Gasteiger partial charge on any atom is -0.258 e. The first kappa shape index (κ1) is 14.7. The molecule has 0 unspecified atom stereocenters. The molecule has 3 aromatic rings. The lowest BCUT2D eigenvalue weighted by Gasteiger charge is -2.05. The summed E-state index contributed by atoms with van der Waals surface area (Å²) in [4.78, 5) is 31.9. The molecule has 0 bridgehead atoms. The number of non-ortho nitro benzene ring substituents is 1. The molecule has 0 spiro atoms. The average molecular weight is 337 g/mol. The van der Waals surface area contributed by atoms with Gasteiger partial charge >= 0.3 is 11.4 Å². The highest BCUT2D eigenvalue weighted by Crippen LogP contribution is 2.55. The average Bonchev–Trinajstić information content (AvgIpc) is 2.90. The summed E-state index contributed by atoms with van der Waals surface area (Å²) in [5.74, 6) is 0. The molecule has 4 rings (SSSR count). The van der Waals surface area contributed by atoms with Crippen LogP contribution >= 0.6 is 0 Å². The van der Waals surface area contributed by atoms with Crippen LogP contribution in [0.1, 0.15) is 0 Å². The monoisotopic (exact) mass is 337 g/mol. The van der Waals surface area contributed by atoms with E-state index in [9.17, 15) is 30.3 Å². The molecule has 1 aliphatic rings. The summed E-state index contributed by atoms with van der Waals surface area (Å²) >= 11 is 0. The van der Waals surface area contributed by atoms with Crippen LogP contribution in [0.3, 0.4) is 0 Å². The second-order valence-electron chi connectivity index (χ2n) is 5.49. The van der Waals surface area contributed by atoms with Crippen molar-refractivity contribution in [2.24, 2.45) is 0 Å². The van der Waals surface area contributed by atoms with Crippen molar-refractivity contribution in [3.8, 4) is 22.3 Å². The Hall–Kier alpha value is -3.88. The first-order valence-corrected chi connectivity index (χ1v) is 7.08. The third-order valence-electron chi connectivity index (χ3n) is 4.30. The van der Waals surface area contributed by atoms with Crippen molar-refractivity contribution in [3.05, 3.63) is 72.8 Å². The molecule has 0 radical (unpaired) electrons. The van der Waals surface area contributed by atoms with Crippen molar-refractivity contribution in [3.63, 3.8) is 0 Å². The number of hydrogen-bond donors (Lipinski definition) is 0. The second kappa shape index (κ2) is 4.81. The van der Waals surface area contributed by atoms with Crippen LogP contribution in [0.5, 0.6) is 0 Å². The van der Waals surface area contributed by atoms with Crippen LogP contribution in [-0.2, 0) is 0 Å². The maximum absolute atomic E-state index is 11.6. The highest BCUT2D eigenvalue weighted by Gasteiger charge is 2.38. The Balaban J connectivity index is 2.32. The Bertz CT molecular complexity index is 1140. The molecule has 9 heteroatoms. The standard InChI is InChI=1S/C16H7N3O6/c20-17(21)12-6-5-10-8-3-1-2-4-9(8)15-14(10)11(12)7-13(18(22)23)16(15)19(24)25/h1-7H. The SMILES string of the molecule is O=[N+]([O-])c1cc2c([N+](=O)[O-])ccc3c2c(c1[N+](=O)[O-])-c1ccccc1-3. The molecule has 0 aliphatic heterocycles. The Morgan fingerprint density at radius 2 is 1.32 bits per heavy atom. The van der Waals surface area contributed by atoms with Gasteiger partial charge in [-0.15, -0.1) is 0 Å². The van der Waals surface area contributed by atoms with Gasteiger partial charge in [-0.1, -0.05) is 24.3 Å². The molecule has 0 saturated heterocycles. The van der Waals surface area contributed by atoms with Gasteiger partial charge in [0.1, 0.15) is 0 Å². The molecule has 1 aliphatic carbocycles. The van der Waals surface area contributed by atoms with Crippen LogP contribution in [0.4, 0.5) is 17.1 Å². The van der Waals surface area contributed by atoms with E-state index < -0.39 is 26.1 Å². The molecule has 25 heavy (non-hydrogen) atoms. The van der Waals surface area contributed by atoms with E-state index in [2.05, 4.69) is 0 Å². The number of benzene rings is 3. The Labute approximate surface area is 138 Å². The van der Waals surface area contributed by atoms with Gasteiger partial charge in [-0.25, -0.2) is 0 Å². The van der Waals surface area contributed by atoms with Crippen LogP contribution in [0.25, 0.3) is 33.0 Å². The van der Waals surface area contributed by atoms with Crippen LogP contribution in [0, 0.1) is 30.3 Å². The molecule has 0 N–H and O–H groups in total. The Kier molecular flexibility index (Phi) is 2.83. The molecule has 9 nitrogen and oxygen atoms in total. The zero-order valence-electron chi connectivity index (χ0n) is 12.3. The molecule has 0 fully saturated rings. The van der Waals surface area contributed by atoms with Gasteiger partial charge in [0.25, 0.3) is 5.69 Å². The highest BCUT2D eigenvalue weighted by molar-refractivity contribution is 6.21. The molecule has 0 aromatic heterocycles. The molecule has 0 amide bonds. The van der Waals surface area contributed by atoms with Gasteiger partial charge in [-0.3, -0.25) is 30.3 Å². The summed E-state index contributed by atoms with van der Waals surface area (Å²) in [5, 5.41) is 34.6. The molecule has 0 heterocycles. The van der Waals surface area contributed by atoms with Crippen molar-refractivity contribution in [1.29, 1.82) is 0 Å². The van der Waals surface area contributed by atoms with Crippen LogP contribution in [-0.4, -0.2) is 14.8 Å². The minimum absolute atomic E-state index is 0.0194. The number of rotatable bonds is 3. The fraction of sp³-hybridized carbons (Fsp3) is 0. The van der Waals surface area contributed by atoms with E-state index in [4.69, 9.17) is 0 Å². The largest absolute Gasteiger partial charge is 0.354 e. The molecule has 0 atom stereocenters. The van der Waals surface area contributed by atoms with E-state index in [-0.39, 0.29) is 16.6 Å². The number of nitrogens with zero attached hydrogens (tertiary/aromatic N) is 3. The zero-order chi connectivity index (χ0) is 17.9. The van der Waals surface area contributed by atoms with Gasteiger partial charge in [0.2, 0.25) is 0 Å². The molecular formula is C16H7N3O6. The van der Waals surface area contributed by atoms with Gasteiger partial charge in [0.05, 0.1) is 25.7 Å². The first-order chi connectivity index (χ1) is 11.9. The van der Waals surface area contributed by atoms with Crippen molar-refractivity contribution in [2.45, 2.75) is 0 Å². The van der Waals surface area contributed by atoms with Gasteiger partial charge in [-0.2, -0.15) is 0 Å². The van der Waals surface area contributed by atoms with E-state index in [0.717, 1.165) is 6.07 Å². The summed E-state index contributed by atoms with van der Waals surface area (Å²) in [6.07, 6.45) is 0. The molecule has 122 valence electrons. The summed E-state index contributed by atoms with van der Waals surface area (Å²) in [6.45, 7) is 0. The van der Waals surface area contributed by atoms with Crippen LogP contribution in [0.2, 0.25) is 0 Å². The van der Waals surface area contributed by atoms with Crippen molar-refractivity contribution in [1.82, 2.24) is 0 Å². The highest BCUT2D eigenvalue weighted by atomic mass is 16.6. The smallest absolute Gasteiger partial charge is 0.258 e. The van der Waals surface area contributed by atoms with Crippen LogP contribution < -0.4 is 0 Å². The molecular weight excluding hydrogens is 330 g/mol. The quantitative estimate of drug-likeness (QED) is 0.406. The van der Waals surface area contributed by atoms with Crippen LogP contribution in [0.15, 0.2) is 42.5 Å². The van der Waals surface area contributed by atoms with E-state index in [0.29, 0.717) is 22.1 Å². The third-order valence-corrected chi connectivity index (χ3v) is 4.30. The summed E-state index contributed by atoms with van der Waals surface area (Å²) in [5.41, 5.74) is 0.0200. The molecule has 0 saturated carbocycles. The second-order valence-corrected chi connectivity index (χ2v) is 5.49. The third kappa shape index (κ3) is 1.83. The van der Waals surface area contributed by atoms with Gasteiger partial charge in [-0.05, 0) is 22.8 Å². The topological polar surface area (TPSA) is 129 Å². The maximum Gasteiger partial charge on any atom is 0.354 e. The Morgan fingerprint density at radius 3 is 1.92 bits per heavy atom. The normalized spacial score (nSPS) is 11.4. The summed E-state index contributed by atoms with van der Waals surface area (Å²) < 4.78 is 0. The molecule has 3 aromatic carbocycles. The van der Waals surface area contributed by atoms with E-state index in [1.54, 1.807) is 24.3 Å². The number of nitro benzene ring substituents is 3. The van der Waals surface area contributed by atoms with E-state index >= 15 is 0 Å². The van der Waals surface area contributed by atoms with Crippen molar-refractivity contribution >= 4 is 27.8 Å². The van der Waals surface area contributed by atoms with Gasteiger partial charge < -0.3 is 0 Å². The lowest BCUT2D eigenvalue weighted by atomic mass is 9.99. The fourth-order valence-electron chi connectivity index (χ4n) is 3.38. The first-order valence-electron chi connectivity index (χ1n) is 7.08. The predicted octanol–water partition coefficient (Wildman–Crippen LogP) is 4.21.